The molecule has 0 saturated carbocycles. The van der Waals surface area contributed by atoms with Crippen molar-refractivity contribution in [2.24, 2.45) is 0 Å². The van der Waals surface area contributed by atoms with Gasteiger partial charge in [-0.3, -0.25) is 4.90 Å². The predicted octanol–water partition coefficient (Wildman–Crippen LogP) is 5.51. The number of nitrogens with two attached hydrogens (primary N) is 1. The molecule has 2 aliphatic heterocycles. The Labute approximate surface area is 223 Å². The van der Waals surface area contributed by atoms with E-state index in [4.69, 9.17) is 5.73 Å². The van der Waals surface area contributed by atoms with Crippen LogP contribution in [0, 0.1) is 11.6 Å². The van der Waals surface area contributed by atoms with Gasteiger partial charge in [0.2, 0.25) is 0 Å². The maximum atomic E-state index is 15.0. The van der Waals surface area contributed by atoms with Crippen LogP contribution in [-0.4, -0.2) is 50.9 Å². The van der Waals surface area contributed by atoms with Crippen molar-refractivity contribution in [1.82, 2.24) is 24.8 Å². The zero-order valence-electron chi connectivity index (χ0n) is 21.0. The summed E-state index contributed by atoms with van der Waals surface area (Å²) in [5.74, 6) is -1.30. The third kappa shape index (κ3) is 4.65. The molecule has 0 bridgehead atoms. The van der Waals surface area contributed by atoms with Crippen LogP contribution in [0.1, 0.15) is 23.3 Å². The first kappa shape index (κ1) is 24.6. The number of nitrogens with zero attached hydrogens (tertiary/aromatic N) is 4. The molecule has 1 saturated heterocycles. The Morgan fingerprint density at radius 2 is 2.11 bits per heavy atom. The van der Waals surface area contributed by atoms with Crippen LogP contribution in [0.15, 0.2) is 60.7 Å². The summed E-state index contributed by atoms with van der Waals surface area (Å²) in [6.45, 7) is 2.66. The van der Waals surface area contributed by atoms with Crippen molar-refractivity contribution < 1.29 is 8.78 Å². The summed E-state index contributed by atoms with van der Waals surface area (Å²) in [5.41, 5.74) is 9.86. The SMILES string of the molecule is CN1CCCC1C1=CN(Cc2ccc(F)c(F)c2NCc2ccc(-c3c[nH]c4ncnc(N)c34)s2)CC=C1. The Morgan fingerprint density at radius 3 is 2.95 bits per heavy atom. The number of anilines is 2. The Hall–Kier alpha value is -3.76. The summed E-state index contributed by atoms with van der Waals surface area (Å²) in [6.07, 6.45) is 12.1. The van der Waals surface area contributed by atoms with Gasteiger partial charge in [-0.1, -0.05) is 18.2 Å². The number of hydrogen-bond donors (Lipinski definition) is 3. The number of likely N-dealkylation sites (N-methyl/N-ethyl adjacent to an activating group) is 1. The lowest BCUT2D eigenvalue weighted by Crippen LogP contribution is -2.30. The Balaban J connectivity index is 1.21. The zero-order valence-corrected chi connectivity index (χ0v) is 21.9. The van der Waals surface area contributed by atoms with Gasteiger partial charge in [0.25, 0.3) is 0 Å². The molecule has 38 heavy (non-hydrogen) atoms. The lowest BCUT2D eigenvalue weighted by atomic mass is 10.0. The van der Waals surface area contributed by atoms with Gasteiger partial charge < -0.3 is 20.9 Å². The van der Waals surface area contributed by atoms with Gasteiger partial charge in [0.15, 0.2) is 11.6 Å². The maximum Gasteiger partial charge on any atom is 0.182 e. The standard InChI is InChI=1S/C28H29F2N7S/c1-36-10-3-5-22(36)17-4-2-11-37(14-17)15-18-6-8-21(29)25(30)26(18)32-12-19-7-9-23(38-19)20-13-33-28-24(20)27(31)34-16-35-28/h2,4,6-9,13-14,16,22,32H,3,5,10-12,15H2,1H3,(H3,31,33,34,35). The number of nitrogen functional groups attached to an aromatic ring is 1. The highest BCUT2D eigenvalue weighted by atomic mass is 32.1. The molecule has 10 heteroatoms. The largest absolute Gasteiger partial charge is 0.383 e. The average molecular weight is 534 g/mol. The summed E-state index contributed by atoms with van der Waals surface area (Å²) < 4.78 is 29.3. The van der Waals surface area contributed by atoms with Crippen molar-refractivity contribution in [3.8, 4) is 10.4 Å². The lowest BCUT2D eigenvalue weighted by Gasteiger charge is -2.29. The zero-order chi connectivity index (χ0) is 26.2. The first-order chi connectivity index (χ1) is 18.5. The van der Waals surface area contributed by atoms with Crippen LogP contribution in [0.4, 0.5) is 20.3 Å². The molecule has 4 N–H and O–H groups in total. The van der Waals surface area contributed by atoms with Crippen LogP contribution >= 0.6 is 11.3 Å². The van der Waals surface area contributed by atoms with Crippen molar-refractivity contribution in [3.63, 3.8) is 0 Å². The number of halogens is 2. The summed E-state index contributed by atoms with van der Waals surface area (Å²) >= 11 is 1.56. The van der Waals surface area contributed by atoms with Crippen LogP contribution in [0.25, 0.3) is 21.5 Å². The Bertz CT molecular complexity index is 1540. The molecular weight excluding hydrogens is 504 g/mol. The van der Waals surface area contributed by atoms with Crippen LogP contribution < -0.4 is 11.1 Å². The van der Waals surface area contributed by atoms with E-state index in [0.29, 0.717) is 36.2 Å². The first-order valence-electron chi connectivity index (χ1n) is 12.7. The van der Waals surface area contributed by atoms with Crippen LogP contribution in [0.5, 0.6) is 0 Å². The highest BCUT2D eigenvalue weighted by molar-refractivity contribution is 7.15. The molecule has 4 aromatic rings. The molecule has 1 fully saturated rings. The number of hydrogen-bond acceptors (Lipinski definition) is 7. The van der Waals surface area contributed by atoms with E-state index in [-0.39, 0.29) is 5.69 Å². The van der Waals surface area contributed by atoms with Gasteiger partial charge >= 0.3 is 0 Å². The van der Waals surface area contributed by atoms with Crippen LogP contribution in [0.2, 0.25) is 0 Å². The van der Waals surface area contributed by atoms with Crippen molar-refractivity contribution in [3.05, 3.63) is 82.8 Å². The molecule has 0 amide bonds. The number of H-pyrrole nitrogens is 1. The van der Waals surface area contributed by atoms with E-state index in [0.717, 1.165) is 40.2 Å². The highest BCUT2D eigenvalue weighted by Gasteiger charge is 2.25. The smallest absolute Gasteiger partial charge is 0.182 e. The molecule has 1 unspecified atom stereocenters. The van der Waals surface area contributed by atoms with E-state index in [1.807, 2.05) is 18.3 Å². The van der Waals surface area contributed by atoms with Gasteiger partial charge in [0.1, 0.15) is 17.8 Å². The molecule has 1 atom stereocenters. The summed E-state index contributed by atoms with van der Waals surface area (Å²) in [7, 11) is 2.15. The number of benzene rings is 1. The van der Waals surface area contributed by atoms with Crippen molar-refractivity contribution in [2.75, 3.05) is 31.2 Å². The normalized spacial score (nSPS) is 17.9. The van der Waals surface area contributed by atoms with Crippen molar-refractivity contribution in [2.45, 2.75) is 32.0 Å². The van der Waals surface area contributed by atoms with E-state index in [2.05, 4.69) is 55.5 Å². The molecule has 6 rings (SSSR count). The van der Waals surface area contributed by atoms with Crippen LogP contribution in [-0.2, 0) is 13.1 Å². The van der Waals surface area contributed by atoms with Crippen LogP contribution in [0.3, 0.4) is 0 Å². The Morgan fingerprint density at radius 1 is 1.21 bits per heavy atom. The topological polar surface area (TPSA) is 86.1 Å². The molecule has 2 aliphatic rings. The number of rotatable bonds is 7. The molecule has 0 aliphatic carbocycles. The van der Waals surface area contributed by atoms with Gasteiger partial charge in [-0.15, -0.1) is 11.3 Å². The molecule has 5 heterocycles. The van der Waals surface area contributed by atoms with Crippen molar-refractivity contribution in [1.29, 1.82) is 0 Å². The van der Waals surface area contributed by atoms with Gasteiger partial charge in [0.05, 0.1) is 11.1 Å². The fraction of sp³-hybridized carbons (Fsp3) is 0.286. The number of aromatic nitrogens is 3. The highest BCUT2D eigenvalue weighted by Crippen LogP contribution is 2.36. The third-order valence-electron chi connectivity index (χ3n) is 7.31. The van der Waals surface area contributed by atoms with E-state index < -0.39 is 11.6 Å². The van der Waals surface area contributed by atoms with Gasteiger partial charge in [-0.25, -0.2) is 18.7 Å². The minimum absolute atomic E-state index is 0.201. The molecule has 196 valence electrons. The predicted molar refractivity (Wildman–Crippen MR) is 149 cm³/mol. The lowest BCUT2D eigenvalue weighted by molar-refractivity contribution is 0.334. The van der Waals surface area contributed by atoms with Gasteiger partial charge in [-0.05, 0) is 55.8 Å². The Kier molecular flexibility index (Phi) is 6.59. The molecular formula is C28H29F2N7S. The summed E-state index contributed by atoms with van der Waals surface area (Å²) in [5, 5.41) is 3.95. The minimum atomic E-state index is -0.861. The minimum Gasteiger partial charge on any atom is -0.383 e. The second-order valence-corrected chi connectivity index (χ2v) is 11.0. The average Bonchev–Trinajstić information content (AvgIpc) is 3.66. The second kappa shape index (κ2) is 10.2. The van der Waals surface area contributed by atoms with E-state index >= 15 is 4.39 Å². The van der Waals surface area contributed by atoms with E-state index in [1.165, 1.54) is 24.4 Å². The quantitative estimate of drug-likeness (QED) is 0.291. The molecule has 0 radical (unpaired) electrons. The third-order valence-corrected chi connectivity index (χ3v) is 8.43. The summed E-state index contributed by atoms with van der Waals surface area (Å²) in [6, 6.07) is 7.25. The molecule has 7 nitrogen and oxygen atoms in total. The maximum absolute atomic E-state index is 15.0. The van der Waals surface area contributed by atoms with E-state index in [1.54, 1.807) is 17.4 Å². The van der Waals surface area contributed by atoms with Crippen molar-refractivity contribution >= 4 is 33.9 Å². The van der Waals surface area contributed by atoms with Gasteiger partial charge in [0, 0.05) is 53.4 Å². The molecule has 1 aromatic carbocycles. The first-order valence-corrected chi connectivity index (χ1v) is 13.5. The fourth-order valence-electron chi connectivity index (χ4n) is 5.38. The second-order valence-electron chi connectivity index (χ2n) is 9.80. The summed E-state index contributed by atoms with van der Waals surface area (Å²) in [4.78, 5) is 18.0. The monoisotopic (exact) mass is 533 g/mol. The van der Waals surface area contributed by atoms with E-state index in [9.17, 15) is 4.39 Å². The number of fused-ring (bicyclic) bond motifs is 1. The number of thiophene rings is 1. The molecule has 0 spiro atoms. The fourth-order valence-corrected chi connectivity index (χ4v) is 6.35. The number of aromatic amines is 1. The van der Waals surface area contributed by atoms with Gasteiger partial charge in [-0.2, -0.15) is 0 Å². The number of nitrogens with one attached hydrogen (secondary N) is 2. The molecule has 3 aromatic heterocycles. The number of likely N-dealkylation sites (tertiary alicyclic amines) is 1.